The van der Waals surface area contributed by atoms with Crippen molar-refractivity contribution < 1.29 is 9.53 Å². The highest BCUT2D eigenvalue weighted by atomic mass is 16.5. The molecular weight excluding hydrogens is 214 g/mol. The third-order valence-corrected chi connectivity index (χ3v) is 2.53. The van der Waals surface area contributed by atoms with Gasteiger partial charge in [0.25, 0.3) is 0 Å². The number of carbonyl (C=O) groups excluding carboxylic acids is 1. The van der Waals surface area contributed by atoms with Crippen molar-refractivity contribution in [2.75, 3.05) is 25.1 Å². The van der Waals surface area contributed by atoms with E-state index in [2.05, 4.69) is 5.32 Å². The van der Waals surface area contributed by atoms with Crippen LogP contribution in [0.4, 0.5) is 5.69 Å². The van der Waals surface area contributed by atoms with Crippen LogP contribution in [-0.4, -0.2) is 25.5 Å². The highest BCUT2D eigenvalue weighted by Gasteiger charge is 2.01. The normalized spacial score (nSPS) is 10.2. The number of anilines is 1. The summed E-state index contributed by atoms with van der Waals surface area (Å²) in [5.41, 5.74) is 1.83. The standard InChI is InChI=1S/C14H21NO2/c1-3-14(16)12-6-8-13(9-7-12)15-10-5-11-17-4-2/h6-9,15H,3-5,10-11H2,1-2H3. The lowest BCUT2D eigenvalue weighted by Gasteiger charge is -2.07. The maximum atomic E-state index is 11.4. The van der Waals surface area contributed by atoms with Crippen molar-refractivity contribution in [3.63, 3.8) is 0 Å². The first kappa shape index (κ1) is 13.7. The van der Waals surface area contributed by atoms with Gasteiger partial charge in [0.15, 0.2) is 5.78 Å². The van der Waals surface area contributed by atoms with Crippen LogP contribution in [0.2, 0.25) is 0 Å². The minimum Gasteiger partial charge on any atom is -0.385 e. The fraction of sp³-hybridized carbons (Fsp3) is 0.500. The van der Waals surface area contributed by atoms with Gasteiger partial charge in [-0.2, -0.15) is 0 Å². The van der Waals surface area contributed by atoms with Gasteiger partial charge in [-0.3, -0.25) is 4.79 Å². The topological polar surface area (TPSA) is 38.3 Å². The molecule has 0 radical (unpaired) electrons. The molecule has 3 nitrogen and oxygen atoms in total. The first-order valence-corrected chi connectivity index (χ1v) is 6.22. The van der Waals surface area contributed by atoms with E-state index in [0.717, 1.165) is 37.4 Å². The average Bonchev–Trinajstić information content (AvgIpc) is 2.38. The van der Waals surface area contributed by atoms with Crippen molar-refractivity contribution in [1.29, 1.82) is 0 Å². The molecule has 0 aromatic heterocycles. The second-order valence-corrected chi connectivity index (χ2v) is 3.83. The Labute approximate surface area is 103 Å². The number of Topliss-reactive ketones (excluding diaryl/α,β-unsaturated/α-hetero) is 1. The molecule has 0 aliphatic rings. The van der Waals surface area contributed by atoms with Crippen molar-refractivity contribution in [2.45, 2.75) is 26.7 Å². The van der Waals surface area contributed by atoms with Crippen LogP contribution >= 0.6 is 0 Å². The molecule has 0 aliphatic carbocycles. The van der Waals surface area contributed by atoms with Crippen molar-refractivity contribution in [3.05, 3.63) is 29.8 Å². The SMILES string of the molecule is CCOCCCNc1ccc(C(=O)CC)cc1. The molecule has 1 N–H and O–H groups in total. The maximum Gasteiger partial charge on any atom is 0.162 e. The van der Waals surface area contributed by atoms with Crippen LogP contribution in [0.3, 0.4) is 0 Å². The van der Waals surface area contributed by atoms with Crippen LogP contribution in [0.25, 0.3) is 0 Å². The Kier molecular flexibility index (Phi) is 6.33. The molecule has 0 fully saturated rings. The van der Waals surface area contributed by atoms with E-state index >= 15 is 0 Å². The Morgan fingerprint density at radius 1 is 1.24 bits per heavy atom. The molecule has 0 unspecified atom stereocenters. The number of nitrogens with one attached hydrogen (secondary N) is 1. The van der Waals surface area contributed by atoms with Crippen LogP contribution in [0.5, 0.6) is 0 Å². The van der Waals surface area contributed by atoms with Crippen LogP contribution in [0.1, 0.15) is 37.0 Å². The molecule has 3 heteroatoms. The quantitative estimate of drug-likeness (QED) is 0.555. The number of ketones is 1. The van der Waals surface area contributed by atoms with Gasteiger partial charge in [0.2, 0.25) is 0 Å². The zero-order valence-corrected chi connectivity index (χ0v) is 10.7. The molecule has 0 bridgehead atoms. The van der Waals surface area contributed by atoms with Crippen molar-refractivity contribution in [2.24, 2.45) is 0 Å². The molecule has 1 rings (SSSR count). The molecule has 0 amide bonds. The maximum absolute atomic E-state index is 11.4. The highest BCUT2D eigenvalue weighted by molar-refractivity contribution is 5.96. The fourth-order valence-electron chi connectivity index (χ4n) is 1.53. The summed E-state index contributed by atoms with van der Waals surface area (Å²) < 4.78 is 5.25. The van der Waals surface area contributed by atoms with E-state index in [4.69, 9.17) is 4.74 Å². The van der Waals surface area contributed by atoms with E-state index in [1.807, 2.05) is 38.1 Å². The molecule has 0 saturated heterocycles. The summed E-state index contributed by atoms with van der Waals surface area (Å²) in [5, 5.41) is 3.30. The summed E-state index contributed by atoms with van der Waals surface area (Å²) >= 11 is 0. The number of carbonyl (C=O) groups is 1. The monoisotopic (exact) mass is 235 g/mol. The fourth-order valence-corrected chi connectivity index (χ4v) is 1.53. The van der Waals surface area contributed by atoms with Crippen LogP contribution in [0.15, 0.2) is 24.3 Å². The molecule has 0 atom stereocenters. The Hall–Kier alpha value is -1.35. The lowest BCUT2D eigenvalue weighted by Crippen LogP contribution is -2.06. The summed E-state index contributed by atoms with van der Waals surface area (Å²) in [6, 6.07) is 7.64. The van der Waals surface area contributed by atoms with Crippen LogP contribution in [-0.2, 0) is 4.74 Å². The van der Waals surface area contributed by atoms with Gasteiger partial charge in [0, 0.05) is 37.4 Å². The number of rotatable bonds is 8. The van der Waals surface area contributed by atoms with Crippen LogP contribution in [0, 0.1) is 0 Å². The summed E-state index contributed by atoms with van der Waals surface area (Å²) in [5.74, 6) is 0.188. The summed E-state index contributed by atoms with van der Waals surface area (Å²) in [7, 11) is 0. The molecule has 1 aromatic carbocycles. The molecule has 17 heavy (non-hydrogen) atoms. The van der Waals surface area contributed by atoms with Crippen molar-refractivity contribution in [3.8, 4) is 0 Å². The molecule has 1 aromatic rings. The first-order valence-electron chi connectivity index (χ1n) is 6.22. The Morgan fingerprint density at radius 3 is 2.53 bits per heavy atom. The van der Waals surface area contributed by atoms with Gasteiger partial charge in [-0.15, -0.1) is 0 Å². The number of ether oxygens (including phenoxy) is 1. The zero-order chi connectivity index (χ0) is 12.5. The lowest BCUT2D eigenvalue weighted by molar-refractivity contribution is 0.0988. The lowest BCUT2D eigenvalue weighted by atomic mass is 10.1. The second-order valence-electron chi connectivity index (χ2n) is 3.83. The molecule has 0 aliphatic heterocycles. The number of hydrogen-bond donors (Lipinski definition) is 1. The number of benzene rings is 1. The van der Waals surface area contributed by atoms with Crippen molar-refractivity contribution >= 4 is 11.5 Å². The van der Waals surface area contributed by atoms with Gasteiger partial charge in [-0.25, -0.2) is 0 Å². The van der Waals surface area contributed by atoms with E-state index in [0.29, 0.717) is 6.42 Å². The smallest absolute Gasteiger partial charge is 0.162 e. The third kappa shape index (κ3) is 5.00. The van der Waals surface area contributed by atoms with E-state index in [-0.39, 0.29) is 5.78 Å². The highest BCUT2D eigenvalue weighted by Crippen LogP contribution is 2.11. The summed E-state index contributed by atoms with van der Waals surface area (Å²) in [6.45, 7) is 6.32. The minimum absolute atomic E-state index is 0.188. The first-order chi connectivity index (χ1) is 8.27. The van der Waals surface area contributed by atoms with E-state index in [1.165, 1.54) is 0 Å². The van der Waals surface area contributed by atoms with Gasteiger partial charge in [0.05, 0.1) is 0 Å². The molecule has 0 heterocycles. The van der Waals surface area contributed by atoms with Crippen molar-refractivity contribution in [1.82, 2.24) is 0 Å². The largest absolute Gasteiger partial charge is 0.385 e. The molecule has 0 spiro atoms. The minimum atomic E-state index is 0.188. The van der Waals surface area contributed by atoms with Crippen LogP contribution < -0.4 is 5.32 Å². The van der Waals surface area contributed by atoms with Gasteiger partial charge < -0.3 is 10.1 Å². The van der Waals surface area contributed by atoms with E-state index in [9.17, 15) is 4.79 Å². The van der Waals surface area contributed by atoms with Gasteiger partial charge in [-0.05, 0) is 37.6 Å². The summed E-state index contributed by atoms with van der Waals surface area (Å²) in [4.78, 5) is 11.4. The average molecular weight is 235 g/mol. The predicted molar refractivity (Wildman–Crippen MR) is 70.7 cm³/mol. The van der Waals surface area contributed by atoms with Gasteiger partial charge in [-0.1, -0.05) is 6.92 Å². The predicted octanol–water partition coefficient (Wildman–Crippen LogP) is 3.12. The number of hydrogen-bond acceptors (Lipinski definition) is 3. The zero-order valence-electron chi connectivity index (χ0n) is 10.7. The second kappa shape index (κ2) is 7.85. The Bertz CT molecular complexity index is 333. The molecule has 0 saturated carbocycles. The Balaban J connectivity index is 2.33. The van der Waals surface area contributed by atoms with E-state index in [1.54, 1.807) is 0 Å². The molecule has 94 valence electrons. The summed E-state index contributed by atoms with van der Waals surface area (Å²) in [6.07, 6.45) is 1.55. The Morgan fingerprint density at radius 2 is 1.94 bits per heavy atom. The van der Waals surface area contributed by atoms with Gasteiger partial charge in [0.1, 0.15) is 0 Å². The third-order valence-electron chi connectivity index (χ3n) is 2.53. The molecular formula is C14H21NO2. The van der Waals surface area contributed by atoms with Gasteiger partial charge >= 0.3 is 0 Å². The van der Waals surface area contributed by atoms with E-state index < -0.39 is 0 Å².